The first-order valence-electron chi connectivity index (χ1n) is 7.75. The second-order valence-electron chi connectivity index (χ2n) is 6.67. The molecular formula is C18H20FN3O2. The maximum absolute atomic E-state index is 12.9. The Morgan fingerprint density at radius 2 is 1.96 bits per heavy atom. The molecule has 0 atom stereocenters. The van der Waals surface area contributed by atoms with Crippen molar-refractivity contribution in [2.24, 2.45) is 0 Å². The molecule has 1 aromatic carbocycles. The third kappa shape index (κ3) is 4.01. The van der Waals surface area contributed by atoms with E-state index in [2.05, 4.69) is 30.9 Å². The lowest BCUT2D eigenvalue weighted by Gasteiger charge is -2.12. The van der Waals surface area contributed by atoms with Crippen LogP contribution in [-0.4, -0.2) is 14.8 Å². The summed E-state index contributed by atoms with van der Waals surface area (Å²) in [5.74, 6) is 0.919. The highest BCUT2D eigenvalue weighted by Gasteiger charge is 2.18. The van der Waals surface area contributed by atoms with Crippen LogP contribution in [0.5, 0.6) is 5.75 Å². The van der Waals surface area contributed by atoms with E-state index in [9.17, 15) is 4.39 Å². The summed E-state index contributed by atoms with van der Waals surface area (Å²) < 4.78 is 25.7. The minimum absolute atomic E-state index is 0.0538. The van der Waals surface area contributed by atoms with E-state index in [0.29, 0.717) is 18.2 Å². The SMILES string of the molecule is CC(C)(C)c1coc(COc2cnn(Cc3ccc(F)cc3)c2)n1. The van der Waals surface area contributed by atoms with Gasteiger partial charge in [0.25, 0.3) is 0 Å². The Morgan fingerprint density at radius 3 is 2.62 bits per heavy atom. The number of oxazole rings is 1. The molecule has 24 heavy (non-hydrogen) atoms. The molecule has 0 aliphatic heterocycles. The van der Waals surface area contributed by atoms with Gasteiger partial charge in [-0.05, 0) is 17.7 Å². The van der Waals surface area contributed by atoms with E-state index in [1.54, 1.807) is 35.5 Å². The van der Waals surface area contributed by atoms with Crippen molar-refractivity contribution in [1.29, 1.82) is 0 Å². The van der Waals surface area contributed by atoms with E-state index in [-0.39, 0.29) is 17.8 Å². The lowest BCUT2D eigenvalue weighted by molar-refractivity contribution is 0.262. The quantitative estimate of drug-likeness (QED) is 0.711. The summed E-state index contributed by atoms with van der Waals surface area (Å²) >= 11 is 0. The van der Waals surface area contributed by atoms with Gasteiger partial charge in [-0.25, -0.2) is 9.37 Å². The number of benzene rings is 1. The molecule has 3 rings (SSSR count). The van der Waals surface area contributed by atoms with Crippen molar-refractivity contribution in [3.05, 3.63) is 65.9 Å². The smallest absolute Gasteiger partial charge is 0.232 e. The monoisotopic (exact) mass is 329 g/mol. The Bertz CT molecular complexity index is 800. The zero-order valence-corrected chi connectivity index (χ0v) is 14.0. The molecule has 0 radical (unpaired) electrons. The molecule has 3 aromatic rings. The van der Waals surface area contributed by atoms with Crippen molar-refractivity contribution in [1.82, 2.24) is 14.8 Å². The van der Waals surface area contributed by atoms with Crippen LogP contribution in [0.2, 0.25) is 0 Å². The lowest BCUT2D eigenvalue weighted by atomic mass is 9.93. The summed E-state index contributed by atoms with van der Waals surface area (Å²) in [6.07, 6.45) is 5.09. The van der Waals surface area contributed by atoms with Crippen LogP contribution in [0, 0.1) is 5.82 Å². The molecular weight excluding hydrogens is 309 g/mol. The molecule has 0 spiro atoms. The number of halogens is 1. The van der Waals surface area contributed by atoms with Crippen molar-refractivity contribution < 1.29 is 13.5 Å². The maximum atomic E-state index is 12.9. The minimum Gasteiger partial charge on any atom is -0.481 e. The zero-order chi connectivity index (χ0) is 17.2. The molecule has 0 unspecified atom stereocenters. The van der Waals surface area contributed by atoms with Gasteiger partial charge in [0.15, 0.2) is 12.4 Å². The molecule has 2 aromatic heterocycles. The van der Waals surface area contributed by atoms with E-state index in [1.165, 1.54) is 12.1 Å². The summed E-state index contributed by atoms with van der Waals surface area (Å²) in [6, 6.07) is 6.34. The first-order chi connectivity index (χ1) is 11.4. The largest absolute Gasteiger partial charge is 0.481 e. The first-order valence-corrected chi connectivity index (χ1v) is 7.75. The van der Waals surface area contributed by atoms with Crippen LogP contribution in [0.25, 0.3) is 0 Å². The van der Waals surface area contributed by atoms with E-state index in [1.807, 2.05) is 0 Å². The molecule has 126 valence electrons. The zero-order valence-electron chi connectivity index (χ0n) is 14.0. The summed E-state index contributed by atoms with van der Waals surface area (Å²) in [7, 11) is 0. The molecule has 0 bridgehead atoms. The van der Waals surface area contributed by atoms with Crippen molar-refractivity contribution in [3.8, 4) is 5.75 Å². The Hall–Kier alpha value is -2.63. The Morgan fingerprint density at radius 1 is 1.21 bits per heavy atom. The van der Waals surface area contributed by atoms with Gasteiger partial charge >= 0.3 is 0 Å². The van der Waals surface area contributed by atoms with Crippen LogP contribution in [0.15, 0.2) is 47.3 Å². The van der Waals surface area contributed by atoms with E-state index in [0.717, 1.165) is 11.3 Å². The van der Waals surface area contributed by atoms with Crippen molar-refractivity contribution in [3.63, 3.8) is 0 Å². The van der Waals surface area contributed by atoms with Crippen LogP contribution in [0.3, 0.4) is 0 Å². The molecule has 0 aliphatic carbocycles. The third-order valence-electron chi connectivity index (χ3n) is 3.55. The van der Waals surface area contributed by atoms with Gasteiger partial charge in [0.05, 0.1) is 24.6 Å². The lowest BCUT2D eigenvalue weighted by Crippen LogP contribution is -2.11. The first kappa shape index (κ1) is 16.2. The van der Waals surface area contributed by atoms with E-state index in [4.69, 9.17) is 9.15 Å². The number of aromatic nitrogens is 3. The summed E-state index contributed by atoms with van der Waals surface area (Å²) in [6.45, 7) is 7.04. The van der Waals surface area contributed by atoms with Gasteiger partial charge in [0.1, 0.15) is 12.1 Å². The standard InChI is InChI=1S/C18H20FN3O2/c1-18(2,3)16-11-24-17(21-16)12-23-15-8-20-22(10-15)9-13-4-6-14(19)7-5-13/h4-8,10-11H,9,12H2,1-3H3. The molecule has 6 heteroatoms. The predicted molar refractivity (Wildman–Crippen MR) is 87.3 cm³/mol. The van der Waals surface area contributed by atoms with Gasteiger partial charge < -0.3 is 9.15 Å². The van der Waals surface area contributed by atoms with Crippen LogP contribution in [0.4, 0.5) is 4.39 Å². The number of hydrogen-bond donors (Lipinski definition) is 0. The average Bonchev–Trinajstić information content (AvgIpc) is 3.16. The van der Waals surface area contributed by atoms with Gasteiger partial charge in [-0.3, -0.25) is 4.68 Å². The molecule has 0 aliphatic rings. The van der Waals surface area contributed by atoms with Gasteiger partial charge in [0.2, 0.25) is 5.89 Å². The predicted octanol–water partition coefficient (Wildman–Crippen LogP) is 3.94. The molecule has 2 heterocycles. The van der Waals surface area contributed by atoms with E-state index < -0.39 is 0 Å². The van der Waals surface area contributed by atoms with Gasteiger partial charge in [-0.2, -0.15) is 5.10 Å². The average molecular weight is 329 g/mol. The Kier molecular flexibility index (Phi) is 4.38. The fraction of sp³-hybridized carbons (Fsp3) is 0.333. The topological polar surface area (TPSA) is 53.1 Å². The molecule has 0 saturated heterocycles. The normalized spacial score (nSPS) is 11.7. The number of hydrogen-bond acceptors (Lipinski definition) is 4. The molecule has 0 N–H and O–H groups in total. The van der Waals surface area contributed by atoms with Gasteiger partial charge in [0, 0.05) is 5.41 Å². The fourth-order valence-corrected chi connectivity index (χ4v) is 2.15. The maximum Gasteiger partial charge on any atom is 0.232 e. The Balaban J connectivity index is 1.58. The Labute approximate surface area is 140 Å². The highest BCUT2D eigenvalue weighted by atomic mass is 19.1. The van der Waals surface area contributed by atoms with E-state index >= 15 is 0 Å². The minimum atomic E-state index is -0.246. The van der Waals surface area contributed by atoms with Gasteiger partial charge in [-0.15, -0.1) is 0 Å². The molecule has 0 amide bonds. The molecule has 0 fully saturated rings. The van der Waals surface area contributed by atoms with Crippen molar-refractivity contribution >= 4 is 0 Å². The highest BCUT2D eigenvalue weighted by molar-refractivity contribution is 5.18. The summed E-state index contributed by atoms with van der Waals surface area (Å²) in [5.41, 5.74) is 1.81. The van der Waals surface area contributed by atoms with Crippen LogP contribution in [-0.2, 0) is 18.6 Å². The van der Waals surface area contributed by atoms with Crippen molar-refractivity contribution in [2.45, 2.75) is 39.3 Å². The third-order valence-corrected chi connectivity index (χ3v) is 3.55. The second kappa shape index (κ2) is 6.47. The summed E-state index contributed by atoms with van der Waals surface area (Å²) in [4.78, 5) is 4.42. The van der Waals surface area contributed by atoms with Crippen molar-refractivity contribution in [2.75, 3.05) is 0 Å². The van der Waals surface area contributed by atoms with Crippen LogP contribution >= 0.6 is 0 Å². The highest BCUT2D eigenvalue weighted by Crippen LogP contribution is 2.21. The number of nitrogens with zero attached hydrogens (tertiary/aromatic N) is 3. The number of rotatable bonds is 5. The number of ether oxygens (including phenoxy) is 1. The van der Waals surface area contributed by atoms with Crippen LogP contribution in [0.1, 0.15) is 37.9 Å². The van der Waals surface area contributed by atoms with Crippen LogP contribution < -0.4 is 4.74 Å². The van der Waals surface area contributed by atoms with Gasteiger partial charge in [-0.1, -0.05) is 32.9 Å². The molecule has 0 saturated carbocycles. The summed E-state index contributed by atoms with van der Waals surface area (Å²) in [5, 5.41) is 4.24. The molecule has 5 nitrogen and oxygen atoms in total. The second-order valence-corrected chi connectivity index (χ2v) is 6.67. The fourth-order valence-electron chi connectivity index (χ4n) is 2.15.